The van der Waals surface area contributed by atoms with Crippen LogP contribution in [0.15, 0.2) is 0 Å². The summed E-state index contributed by atoms with van der Waals surface area (Å²) in [5, 5.41) is 34.3. The Morgan fingerprint density at radius 1 is 0.833 bits per heavy atom. The van der Waals surface area contributed by atoms with Gasteiger partial charge in [0.25, 0.3) is 0 Å². The number of hydrogen-bond donors (Lipinski definition) is 3. The highest BCUT2D eigenvalue weighted by atomic mass is 16.7. The van der Waals surface area contributed by atoms with Crippen molar-refractivity contribution in [2.75, 3.05) is 74.8 Å². The van der Waals surface area contributed by atoms with E-state index in [2.05, 4.69) is 28.7 Å². The fourth-order valence-electron chi connectivity index (χ4n) is 10.6. The third-order valence-electron chi connectivity index (χ3n) is 14.9. The van der Waals surface area contributed by atoms with Gasteiger partial charge < -0.3 is 58.1 Å². The number of Topliss-reactive ketones (excluding diaryl/α,β-unsaturated/α-hetero) is 1. The van der Waals surface area contributed by atoms with Crippen LogP contribution in [0.2, 0.25) is 0 Å². The monoisotopic (exact) mass is 858 g/mol. The second-order valence-electron chi connectivity index (χ2n) is 19.6. The Morgan fingerprint density at radius 3 is 2.07 bits per heavy atom. The van der Waals surface area contributed by atoms with Gasteiger partial charge in [-0.25, -0.2) is 0 Å². The Balaban J connectivity index is 1.62. The lowest BCUT2D eigenvalue weighted by Gasteiger charge is -2.52. The molecule has 0 radical (unpaired) electrons. The third-order valence-corrected chi connectivity index (χ3v) is 14.9. The molecular formula is C44H79N3O13. The summed E-state index contributed by atoms with van der Waals surface area (Å²) in [4.78, 5) is 35.5. The molecule has 5 rings (SSSR count). The van der Waals surface area contributed by atoms with Gasteiger partial charge in [0.2, 0.25) is 0 Å². The number of carbonyl (C=O) groups is 2. The van der Waals surface area contributed by atoms with Gasteiger partial charge in [-0.3, -0.25) is 19.4 Å². The first-order valence-electron chi connectivity index (χ1n) is 22.3. The number of likely N-dealkylation sites (N-methyl/N-ethyl adjacent to an activating group) is 2. The predicted octanol–water partition coefficient (Wildman–Crippen LogP) is 1.93. The van der Waals surface area contributed by atoms with Gasteiger partial charge in [-0.2, -0.15) is 0 Å². The smallest absolute Gasteiger partial charge is 0.311 e. The summed E-state index contributed by atoms with van der Waals surface area (Å²) >= 11 is 0. The van der Waals surface area contributed by atoms with Crippen LogP contribution in [0.25, 0.3) is 0 Å². The molecule has 1 saturated carbocycles. The van der Waals surface area contributed by atoms with Gasteiger partial charge in [-0.15, -0.1) is 0 Å². The van der Waals surface area contributed by atoms with Gasteiger partial charge in [-0.1, -0.05) is 27.7 Å². The van der Waals surface area contributed by atoms with Crippen LogP contribution in [0.1, 0.15) is 81.6 Å². The van der Waals surface area contributed by atoms with E-state index in [4.69, 9.17) is 37.9 Å². The van der Waals surface area contributed by atoms with E-state index in [0.717, 1.165) is 32.6 Å². The minimum Gasteiger partial charge on any atom is -0.458 e. The van der Waals surface area contributed by atoms with Gasteiger partial charge in [0.05, 0.1) is 66.9 Å². The summed E-state index contributed by atoms with van der Waals surface area (Å²) in [5.74, 6) is -4.73. The highest BCUT2D eigenvalue weighted by Crippen LogP contribution is 2.52. The van der Waals surface area contributed by atoms with Crippen molar-refractivity contribution in [3.63, 3.8) is 0 Å². The standard InChI is InChI=1S/C44H79N3O13/c1-24-22-43(9,54-14)38(60-41-33(46(12)16-15-45(10)11)31(21-25(2)56-41)47-17-19-55-20-18-47)27(4)35(58-32-23-42(8,53-13)37(50)30(7)57-32)28(5)40(51)59-39-29(6)44(39,52)36(49)26(3)34(24)48/h24-33,35-39,41,49-50,52H,15-23H2,1-14H3/t24-,25-,26+,27+,28-,29?,30+,31-,32+,33+,35+,36-,37+,38-,39-,41+,42-,43+,44+/m1/s1. The number of esters is 1. The normalized spacial score (nSPS) is 47.8. The Labute approximate surface area is 358 Å². The van der Waals surface area contributed by atoms with Crippen molar-refractivity contribution in [2.45, 2.75) is 166 Å². The molecule has 0 aromatic carbocycles. The molecule has 0 bridgehead atoms. The molecule has 1 aliphatic carbocycles. The van der Waals surface area contributed by atoms with E-state index in [1.165, 1.54) is 7.11 Å². The Bertz CT molecular complexity index is 1440. The Hall–Kier alpha value is -1.38. The lowest BCUT2D eigenvalue weighted by atomic mass is 9.75. The summed E-state index contributed by atoms with van der Waals surface area (Å²) in [5.41, 5.74) is -4.00. The maximum atomic E-state index is 14.4. The first kappa shape index (κ1) is 49.6. The SMILES string of the molecule is CO[C@]1(C)C[C@H](O[C@H]2[C@H](C)[C@@H](O[C@@H]3O[C@H](C)C[C@@H](N4CCOCC4)[C@@H]3N(C)CCN(C)C)[C@@](C)(OC)C[C@@H](C)C(=O)[C@H](C)[C@@H](O)[C@@]3(O)C(C)[C@H]3OC(=O)[C@@H]2C)O[C@@H](C)[C@@H]1O. The molecule has 16 heteroatoms. The summed E-state index contributed by atoms with van der Waals surface area (Å²) in [6.45, 7) is 20.7. The van der Waals surface area contributed by atoms with E-state index in [9.17, 15) is 24.9 Å². The number of fused-ring (bicyclic) bond motifs is 1. The van der Waals surface area contributed by atoms with Gasteiger partial charge in [0.15, 0.2) is 12.6 Å². The first-order valence-corrected chi connectivity index (χ1v) is 22.3. The molecule has 4 heterocycles. The molecule has 4 aliphatic heterocycles. The largest absolute Gasteiger partial charge is 0.458 e. The average molecular weight is 858 g/mol. The van der Waals surface area contributed by atoms with E-state index in [1.807, 2.05) is 34.9 Å². The number of hydrogen-bond acceptors (Lipinski definition) is 16. The van der Waals surface area contributed by atoms with Crippen LogP contribution >= 0.6 is 0 Å². The molecule has 19 atom stereocenters. The fraction of sp³-hybridized carbons (Fsp3) is 0.955. The van der Waals surface area contributed by atoms with Crippen LogP contribution in [0.4, 0.5) is 0 Å². The molecule has 0 amide bonds. The van der Waals surface area contributed by atoms with Crippen molar-refractivity contribution in [1.82, 2.24) is 14.7 Å². The van der Waals surface area contributed by atoms with Crippen molar-refractivity contribution in [3.8, 4) is 0 Å². The molecular weight excluding hydrogens is 778 g/mol. The molecule has 16 nitrogen and oxygen atoms in total. The summed E-state index contributed by atoms with van der Waals surface area (Å²) < 4.78 is 51.6. The van der Waals surface area contributed by atoms with E-state index in [-0.39, 0.29) is 36.8 Å². The van der Waals surface area contributed by atoms with Crippen LogP contribution in [-0.4, -0.2) is 201 Å². The number of morpholine rings is 1. The van der Waals surface area contributed by atoms with Crippen LogP contribution in [0, 0.1) is 29.6 Å². The number of aliphatic hydroxyl groups is 3. The number of ketones is 1. The Morgan fingerprint density at radius 2 is 1.47 bits per heavy atom. The fourth-order valence-corrected chi connectivity index (χ4v) is 10.6. The van der Waals surface area contributed by atoms with E-state index in [1.54, 1.807) is 41.7 Å². The zero-order chi connectivity index (χ0) is 44.6. The number of ether oxygens (including phenoxy) is 8. The number of aliphatic hydroxyl groups excluding tert-OH is 2. The van der Waals surface area contributed by atoms with Crippen LogP contribution in [0.3, 0.4) is 0 Å². The molecule has 60 heavy (non-hydrogen) atoms. The molecule has 0 aromatic rings. The molecule has 0 aromatic heterocycles. The van der Waals surface area contributed by atoms with E-state index < -0.39 is 102 Å². The summed E-state index contributed by atoms with van der Waals surface area (Å²) in [6, 6.07) is -0.159. The molecule has 348 valence electrons. The van der Waals surface area contributed by atoms with Gasteiger partial charge >= 0.3 is 5.97 Å². The van der Waals surface area contributed by atoms with Crippen LogP contribution in [0.5, 0.6) is 0 Å². The molecule has 0 spiro atoms. The highest BCUT2D eigenvalue weighted by molar-refractivity contribution is 5.84. The average Bonchev–Trinajstić information content (AvgIpc) is 3.74. The van der Waals surface area contributed by atoms with E-state index >= 15 is 0 Å². The van der Waals surface area contributed by atoms with Crippen molar-refractivity contribution < 1.29 is 62.8 Å². The van der Waals surface area contributed by atoms with Gasteiger partial charge in [-0.05, 0) is 68.6 Å². The maximum Gasteiger partial charge on any atom is 0.311 e. The second-order valence-corrected chi connectivity index (χ2v) is 19.6. The first-order chi connectivity index (χ1) is 28.0. The minimum absolute atomic E-state index is 0.0655. The lowest BCUT2D eigenvalue weighted by molar-refractivity contribution is -0.315. The summed E-state index contributed by atoms with van der Waals surface area (Å²) in [6.07, 6.45) is -6.65. The van der Waals surface area contributed by atoms with Crippen molar-refractivity contribution in [3.05, 3.63) is 0 Å². The third kappa shape index (κ3) is 10.1. The maximum absolute atomic E-state index is 14.4. The molecule has 3 N–H and O–H groups in total. The van der Waals surface area contributed by atoms with Crippen molar-refractivity contribution >= 4 is 11.8 Å². The summed E-state index contributed by atoms with van der Waals surface area (Å²) in [7, 11) is 9.32. The quantitative estimate of drug-likeness (QED) is 0.257. The van der Waals surface area contributed by atoms with Crippen molar-refractivity contribution in [2.24, 2.45) is 29.6 Å². The topological polar surface area (TPSA) is 178 Å². The van der Waals surface area contributed by atoms with Crippen LogP contribution in [-0.2, 0) is 47.5 Å². The van der Waals surface area contributed by atoms with Crippen molar-refractivity contribution in [1.29, 1.82) is 0 Å². The number of nitrogens with zero attached hydrogens (tertiary/aromatic N) is 3. The Kier molecular flexibility index (Phi) is 16.4. The molecule has 4 saturated heterocycles. The lowest BCUT2D eigenvalue weighted by Crippen LogP contribution is -2.66. The molecule has 1 unspecified atom stereocenters. The van der Waals surface area contributed by atoms with Crippen LogP contribution < -0.4 is 0 Å². The predicted molar refractivity (Wildman–Crippen MR) is 222 cm³/mol. The zero-order valence-electron chi connectivity index (χ0n) is 38.9. The molecule has 5 fully saturated rings. The van der Waals surface area contributed by atoms with Gasteiger partial charge in [0, 0.05) is 76.5 Å². The minimum atomic E-state index is -1.80. The second kappa shape index (κ2) is 19.8. The molecule has 5 aliphatic rings. The number of carbonyl (C=O) groups excluding carboxylic acids is 2. The van der Waals surface area contributed by atoms with Gasteiger partial charge in [0.1, 0.15) is 23.6 Å². The number of rotatable bonds is 11. The van der Waals surface area contributed by atoms with E-state index in [0.29, 0.717) is 13.2 Å². The number of methoxy groups -OCH3 is 2. The zero-order valence-corrected chi connectivity index (χ0v) is 38.9. The highest BCUT2D eigenvalue weighted by Gasteiger charge is 2.70.